The minimum atomic E-state index is -0.236. The molecule has 2 aromatic carbocycles. The highest BCUT2D eigenvalue weighted by Gasteiger charge is 2.26. The van der Waals surface area contributed by atoms with Crippen LogP contribution in [0, 0.1) is 6.92 Å². The van der Waals surface area contributed by atoms with Crippen LogP contribution in [0.1, 0.15) is 74.8 Å². The number of anilines is 1. The van der Waals surface area contributed by atoms with Gasteiger partial charge in [-0.05, 0) is 67.0 Å². The molecule has 3 amide bonds. The van der Waals surface area contributed by atoms with Crippen molar-refractivity contribution in [3.05, 3.63) is 87.8 Å². The molecular weight excluding hydrogens is 458 g/mol. The standard InChI is InChI=1S/C28H31N3O3S/c1-18(2)20-8-10-21(11-9-20)25(32)30-27-24(14-17-35-27)26(33)29-23-12-15-31(16-13-23)28(34)22-6-4-19(3)5-7-22/h4-11,14,17-18,23H,12-13,15-16H2,1-3H3,(H,29,33)(H,30,32). The molecule has 2 N–H and O–H groups in total. The molecule has 2 heterocycles. The quantitative estimate of drug-likeness (QED) is 0.482. The van der Waals surface area contributed by atoms with Gasteiger partial charge in [-0.1, -0.05) is 43.7 Å². The number of hydrogen-bond acceptors (Lipinski definition) is 4. The minimum absolute atomic E-state index is 0.0170. The fraction of sp³-hybridized carbons (Fsp3) is 0.321. The molecule has 1 saturated heterocycles. The monoisotopic (exact) mass is 489 g/mol. The van der Waals surface area contributed by atoms with Gasteiger partial charge in [-0.3, -0.25) is 14.4 Å². The molecule has 6 nitrogen and oxygen atoms in total. The summed E-state index contributed by atoms with van der Waals surface area (Å²) >= 11 is 1.33. The summed E-state index contributed by atoms with van der Waals surface area (Å²) in [7, 11) is 0. The molecular formula is C28H31N3O3S. The molecule has 1 aromatic heterocycles. The first-order valence-corrected chi connectivity index (χ1v) is 12.9. The van der Waals surface area contributed by atoms with Crippen molar-refractivity contribution >= 4 is 34.1 Å². The minimum Gasteiger partial charge on any atom is -0.349 e. The Hall–Kier alpha value is -3.45. The first-order chi connectivity index (χ1) is 16.8. The second kappa shape index (κ2) is 10.9. The molecule has 1 aliphatic rings. The molecule has 4 rings (SSSR count). The average Bonchev–Trinajstić information content (AvgIpc) is 3.33. The maximum atomic E-state index is 13.0. The molecule has 1 fully saturated rings. The summed E-state index contributed by atoms with van der Waals surface area (Å²) in [5.74, 6) is -0.0221. The summed E-state index contributed by atoms with van der Waals surface area (Å²) in [4.78, 5) is 40.3. The molecule has 3 aromatic rings. The zero-order valence-corrected chi connectivity index (χ0v) is 21.2. The summed E-state index contributed by atoms with van der Waals surface area (Å²) in [6.07, 6.45) is 1.38. The van der Waals surface area contributed by atoms with Crippen LogP contribution in [0.4, 0.5) is 5.00 Å². The fourth-order valence-electron chi connectivity index (χ4n) is 4.15. The van der Waals surface area contributed by atoms with Gasteiger partial charge in [-0.2, -0.15) is 0 Å². The van der Waals surface area contributed by atoms with Gasteiger partial charge < -0.3 is 15.5 Å². The molecule has 182 valence electrons. The number of likely N-dealkylation sites (tertiary alicyclic amines) is 1. The van der Waals surface area contributed by atoms with Crippen LogP contribution in [0.5, 0.6) is 0 Å². The maximum absolute atomic E-state index is 13.0. The van der Waals surface area contributed by atoms with Crippen LogP contribution >= 0.6 is 11.3 Å². The van der Waals surface area contributed by atoms with Crippen LogP contribution in [0.2, 0.25) is 0 Å². The molecule has 7 heteroatoms. The van der Waals surface area contributed by atoms with E-state index in [9.17, 15) is 14.4 Å². The predicted molar refractivity (Wildman–Crippen MR) is 140 cm³/mol. The van der Waals surface area contributed by atoms with Gasteiger partial charge >= 0.3 is 0 Å². The van der Waals surface area contributed by atoms with Crippen LogP contribution < -0.4 is 10.6 Å². The Morgan fingerprint density at radius 1 is 0.886 bits per heavy atom. The number of benzene rings is 2. The Bertz CT molecular complexity index is 1190. The predicted octanol–water partition coefficient (Wildman–Crippen LogP) is 5.47. The molecule has 0 unspecified atom stereocenters. The normalized spacial score (nSPS) is 14.1. The molecule has 0 bridgehead atoms. The maximum Gasteiger partial charge on any atom is 0.256 e. The Morgan fingerprint density at radius 3 is 2.14 bits per heavy atom. The SMILES string of the molecule is Cc1ccc(C(=O)N2CCC(NC(=O)c3ccsc3NC(=O)c3ccc(C(C)C)cc3)CC2)cc1. The van der Waals surface area contributed by atoms with Crippen LogP contribution in [-0.4, -0.2) is 41.8 Å². The van der Waals surface area contributed by atoms with Crippen LogP contribution in [0.25, 0.3) is 0 Å². The highest BCUT2D eigenvalue weighted by atomic mass is 32.1. The van der Waals surface area contributed by atoms with E-state index in [1.165, 1.54) is 16.9 Å². The van der Waals surface area contributed by atoms with Crippen molar-refractivity contribution in [2.24, 2.45) is 0 Å². The van der Waals surface area contributed by atoms with Gasteiger partial charge in [-0.25, -0.2) is 0 Å². The number of nitrogens with zero attached hydrogens (tertiary/aromatic N) is 1. The van der Waals surface area contributed by atoms with Gasteiger partial charge in [0.2, 0.25) is 0 Å². The summed E-state index contributed by atoms with van der Waals surface area (Å²) < 4.78 is 0. The number of carbonyl (C=O) groups excluding carboxylic acids is 3. The molecule has 0 aliphatic carbocycles. The van der Waals surface area contributed by atoms with E-state index >= 15 is 0 Å². The first kappa shape index (κ1) is 24.7. The third-order valence-electron chi connectivity index (χ3n) is 6.39. The van der Waals surface area contributed by atoms with Gasteiger partial charge in [0.1, 0.15) is 5.00 Å². The number of nitrogens with one attached hydrogen (secondary N) is 2. The van der Waals surface area contributed by atoms with Gasteiger partial charge in [0.05, 0.1) is 5.56 Å². The van der Waals surface area contributed by atoms with E-state index in [-0.39, 0.29) is 23.8 Å². The topological polar surface area (TPSA) is 78.5 Å². The lowest BCUT2D eigenvalue weighted by Crippen LogP contribution is -2.46. The van der Waals surface area contributed by atoms with Crippen LogP contribution in [-0.2, 0) is 0 Å². The lowest BCUT2D eigenvalue weighted by Gasteiger charge is -2.32. The van der Waals surface area contributed by atoms with E-state index in [1.807, 2.05) is 60.4 Å². The van der Waals surface area contributed by atoms with Crippen molar-refractivity contribution in [1.29, 1.82) is 0 Å². The van der Waals surface area contributed by atoms with Crippen molar-refractivity contribution in [3.63, 3.8) is 0 Å². The average molecular weight is 490 g/mol. The lowest BCUT2D eigenvalue weighted by molar-refractivity contribution is 0.0698. The van der Waals surface area contributed by atoms with Gasteiger partial charge in [-0.15, -0.1) is 11.3 Å². The smallest absolute Gasteiger partial charge is 0.256 e. The van der Waals surface area contributed by atoms with E-state index < -0.39 is 0 Å². The third kappa shape index (κ3) is 5.98. The second-order valence-corrected chi connectivity index (χ2v) is 10.2. The van der Waals surface area contributed by atoms with Crippen LogP contribution in [0.15, 0.2) is 60.0 Å². The van der Waals surface area contributed by atoms with Crippen molar-refractivity contribution in [2.75, 3.05) is 18.4 Å². The number of carbonyl (C=O) groups is 3. The van der Waals surface area contributed by atoms with Gasteiger partial charge in [0, 0.05) is 30.3 Å². The number of amides is 3. The van der Waals surface area contributed by atoms with Crippen molar-refractivity contribution < 1.29 is 14.4 Å². The largest absolute Gasteiger partial charge is 0.349 e. The highest BCUT2D eigenvalue weighted by molar-refractivity contribution is 7.14. The third-order valence-corrected chi connectivity index (χ3v) is 7.22. The zero-order valence-electron chi connectivity index (χ0n) is 20.3. The Balaban J connectivity index is 1.32. The van der Waals surface area contributed by atoms with Crippen molar-refractivity contribution in [1.82, 2.24) is 10.2 Å². The first-order valence-electron chi connectivity index (χ1n) is 12.0. The van der Waals surface area contributed by atoms with E-state index in [2.05, 4.69) is 24.5 Å². The number of thiophene rings is 1. The second-order valence-electron chi connectivity index (χ2n) is 9.30. The molecule has 0 saturated carbocycles. The summed E-state index contributed by atoms with van der Waals surface area (Å²) in [6.45, 7) is 7.40. The van der Waals surface area contributed by atoms with E-state index in [0.717, 1.165) is 5.56 Å². The van der Waals surface area contributed by atoms with Crippen LogP contribution in [0.3, 0.4) is 0 Å². The Morgan fingerprint density at radius 2 is 1.51 bits per heavy atom. The van der Waals surface area contributed by atoms with E-state index in [1.54, 1.807) is 11.4 Å². The Kier molecular flexibility index (Phi) is 7.66. The summed E-state index contributed by atoms with van der Waals surface area (Å²) in [5, 5.41) is 8.30. The van der Waals surface area contributed by atoms with Gasteiger partial charge in [0.25, 0.3) is 17.7 Å². The number of piperidine rings is 1. The molecule has 35 heavy (non-hydrogen) atoms. The fourth-order valence-corrected chi connectivity index (χ4v) is 4.93. The highest BCUT2D eigenvalue weighted by Crippen LogP contribution is 2.25. The summed E-state index contributed by atoms with van der Waals surface area (Å²) in [5.41, 5.74) is 4.00. The number of rotatable bonds is 6. The molecule has 1 aliphatic heterocycles. The summed E-state index contributed by atoms with van der Waals surface area (Å²) in [6, 6.07) is 16.8. The number of hydrogen-bond donors (Lipinski definition) is 2. The Labute approximate surface area is 210 Å². The van der Waals surface area contributed by atoms with E-state index in [4.69, 9.17) is 0 Å². The molecule has 0 spiro atoms. The van der Waals surface area contributed by atoms with Crippen molar-refractivity contribution in [2.45, 2.75) is 45.6 Å². The lowest BCUT2D eigenvalue weighted by atomic mass is 10.0. The van der Waals surface area contributed by atoms with Gasteiger partial charge in [0.15, 0.2) is 0 Å². The molecule has 0 radical (unpaired) electrons. The van der Waals surface area contributed by atoms with Crippen molar-refractivity contribution in [3.8, 4) is 0 Å². The number of aryl methyl sites for hydroxylation is 1. The molecule has 0 atom stereocenters. The zero-order chi connectivity index (χ0) is 24.9. The van der Waals surface area contributed by atoms with E-state index in [0.29, 0.717) is 53.5 Å².